The lowest BCUT2D eigenvalue weighted by Gasteiger charge is -2.12. The molecule has 0 bridgehead atoms. The fraction of sp³-hybridized carbons (Fsp3) is 0.400. The molecule has 3 nitrogen and oxygen atoms in total. The third-order valence-electron chi connectivity index (χ3n) is 2.05. The van der Waals surface area contributed by atoms with Crippen LogP contribution in [0.25, 0.3) is 0 Å². The smallest absolute Gasteiger partial charge is 0.309 e. The molecule has 5 heteroatoms. The summed E-state index contributed by atoms with van der Waals surface area (Å²) in [5.41, 5.74) is 0.435. The van der Waals surface area contributed by atoms with Crippen LogP contribution in [-0.4, -0.2) is 26.0 Å². The molecule has 1 aromatic rings. The zero-order valence-corrected chi connectivity index (χ0v) is 10.9. The summed E-state index contributed by atoms with van der Waals surface area (Å²) in [5.74, 6) is 0. The molecule has 1 rings (SSSR count). The molecule has 0 spiro atoms. The topological polar surface area (TPSA) is 35.5 Å². The van der Waals surface area contributed by atoms with Crippen LogP contribution in [0.2, 0.25) is 0 Å². The zero-order chi connectivity index (χ0) is 11.3. The van der Waals surface area contributed by atoms with E-state index in [1.54, 1.807) is 0 Å². The Morgan fingerprint density at radius 3 is 2.20 bits per heavy atom. The van der Waals surface area contributed by atoms with Gasteiger partial charge >= 0.3 is 7.60 Å². The first-order valence-electron chi connectivity index (χ1n) is 4.49. The highest BCUT2D eigenvalue weighted by atomic mass is 32.2. The van der Waals surface area contributed by atoms with E-state index >= 15 is 0 Å². The minimum absolute atomic E-state index is 0.116. The van der Waals surface area contributed by atoms with Gasteiger partial charge in [0, 0.05) is 25.1 Å². The summed E-state index contributed by atoms with van der Waals surface area (Å²) in [6, 6.07) is 9.97. The normalized spacial score (nSPS) is 13.8. The highest BCUT2D eigenvalue weighted by molar-refractivity contribution is 8.01. The monoisotopic (exact) mass is 247 g/mol. The van der Waals surface area contributed by atoms with Crippen molar-refractivity contribution in [2.75, 3.05) is 26.0 Å². The van der Waals surface area contributed by atoms with Crippen molar-refractivity contribution >= 4 is 18.5 Å². The maximum atomic E-state index is 11.9. The SMILES string of the molecule is COP(=O)(C[S+](C)c1ccccc1)OC. The van der Waals surface area contributed by atoms with Crippen LogP contribution < -0.4 is 0 Å². The van der Waals surface area contributed by atoms with Gasteiger partial charge in [0.1, 0.15) is 6.26 Å². The van der Waals surface area contributed by atoms with Crippen LogP contribution in [0, 0.1) is 0 Å². The summed E-state index contributed by atoms with van der Waals surface area (Å²) in [6.07, 6.45) is 2.04. The third-order valence-corrected chi connectivity index (χ3v) is 7.06. The van der Waals surface area contributed by atoms with E-state index in [4.69, 9.17) is 9.05 Å². The molecule has 1 atom stereocenters. The van der Waals surface area contributed by atoms with Crippen LogP contribution in [0.4, 0.5) is 0 Å². The molecule has 0 amide bonds. The zero-order valence-electron chi connectivity index (χ0n) is 9.17. The standard InChI is InChI=1S/C10H16O3PS/c1-12-14(11,13-2)9-15(3)10-7-5-4-6-8-10/h4-8H,9H2,1-3H3/q+1. The first-order chi connectivity index (χ1) is 7.11. The van der Waals surface area contributed by atoms with E-state index < -0.39 is 7.60 Å². The summed E-state index contributed by atoms with van der Waals surface area (Å²) < 4.78 is 21.7. The molecule has 0 saturated carbocycles. The molecule has 0 aliphatic carbocycles. The largest absolute Gasteiger partial charge is 0.379 e. The molecule has 1 unspecified atom stereocenters. The summed E-state index contributed by atoms with van der Waals surface area (Å²) in [6.45, 7) is 0. The lowest BCUT2D eigenvalue weighted by Crippen LogP contribution is -2.08. The lowest BCUT2D eigenvalue weighted by molar-refractivity contribution is 0.280. The molecule has 0 N–H and O–H groups in total. The molecule has 15 heavy (non-hydrogen) atoms. The Kier molecular flexibility index (Phi) is 4.87. The second kappa shape index (κ2) is 5.71. The second-order valence-corrected chi connectivity index (χ2v) is 7.79. The minimum Gasteiger partial charge on any atom is -0.309 e. The molecular weight excluding hydrogens is 231 g/mol. The second-order valence-electron chi connectivity index (χ2n) is 3.06. The maximum absolute atomic E-state index is 11.9. The Labute approximate surface area is 93.7 Å². The summed E-state index contributed by atoms with van der Waals surface area (Å²) >= 11 is 0. The predicted octanol–water partition coefficient (Wildman–Crippen LogP) is 2.74. The van der Waals surface area contributed by atoms with Gasteiger partial charge in [-0.1, -0.05) is 18.2 Å². The minimum atomic E-state index is -2.89. The highest BCUT2D eigenvalue weighted by Gasteiger charge is 2.32. The van der Waals surface area contributed by atoms with Gasteiger partial charge in [0.25, 0.3) is 0 Å². The average molecular weight is 247 g/mol. The number of benzene rings is 1. The van der Waals surface area contributed by atoms with Crippen LogP contribution in [-0.2, 0) is 24.5 Å². The van der Waals surface area contributed by atoms with Crippen molar-refractivity contribution < 1.29 is 13.6 Å². The Morgan fingerprint density at radius 1 is 1.20 bits per heavy atom. The van der Waals surface area contributed by atoms with E-state index in [0.717, 1.165) is 0 Å². The summed E-state index contributed by atoms with van der Waals surface area (Å²) in [7, 11) is -0.160. The Bertz CT molecular complexity index is 334. The number of hydrogen-bond acceptors (Lipinski definition) is 3. The van der Waals surface area contributed by atoms with Gasteiger partial charge in [0.15, 0.2) is 4.90 Å². The Morgan fingerprint density at radius 2 is 1.73 bits per heavy atom. The maximum Gasteiger partial charge on any atom is 0.379 e. The molecule has 84 valence electrons. The van der Waals surface area contributed by atoms with E-state index in [1.165, 1.54) is 19.1 Å². The fourth-order valence-electron chi connectivity index (χ4n) is 1.14. The van der Waals surface area contributed by atoms with Gasteiger partial charge < -0.3 is 9.05 Å². The quantitative estimate of drug-likeness (QED) is 0.593. The van der Waals surface area contributed by atoms with Gasteiger partial charge in [0.2, 0.25) is 5.49 Å². The van der Waals surface area contributed by atoms with Gasteiger partial charge in [-0.15, -0.1) is 0 Å². The number of hydrogen-bond donors (Lipinski definition) is 0. The van der Waals surface area contributed by atoms with E-state index in [9.17, 15) is 4.57 Å². The van der Waals surface area contributed by atoms with Crippen LogP contribution in [0.5, 0.6) is 0 Å². The van der Waals surface area contributed by atoms with E-state index in [2.05, 4.69) is 0 Å². The lowest BCUT2D eigenvalue weighted by atomic mass is 10.4. The van der Waals surface area contributed by atoms with Crippen LogP contribution in [0.15, 0.2) is 35.2 Å². The molecule has 0 saturated heterocycles. The van der Waals surface area contributed by atoms with E-state index in [-0.39, 0.29) is 10.9 Å². The fourth-order valence-corrected chi connectivity index (χ4v) is 5.25. The van der Waals surface area contributed by atoms with Gasteiger partial charge in [-0.2, -0.15) is 0 Å². The Balaban J connectivity index is 2.71. The molecule has 0 radical (unpaired) electrons. The summed E-state index contributed by atoms with van der Waals surface area (Å²) in [5, 5.41) is 0. The van der Waals surface area contributed by atoms with Gasteiger partial charge in [-0.05, 0) is 12.1 Å². The average Bonchev–Trinajstić information content (AvgIpc) is 2.30. The van der Waals surface area contributed by atoms with Crippen molar-refractivity contribution in [2.24, 2.45) is 0 Å². The molecule has 1 aromatic carbocycles. The van der Waals surface area contributed by atoms with Crippen molar-refractivity contribution in [3.63, 3.8) is 0 Å². The molecule has 0 aliphatic heterocycles. The molecule has 0 aliphatic rings. The highest BCUT2D eigenvalue weighted by Crippen LogP contribution is 2.48. The van der Waals surface area contributed by atoms with Gasteiger partial charge in [0.05, 0.1) is 0 Å². The van der Waals surface area contributed by atoms with Crippen molar-refractivity contribution in [2.45, 2.75) is 4.90 Å². The van der Waals surface area contributed by atoms with Crippen molar-refractivity contribution in [1.29, 1.82) is 0 Å². The van der Waals surface area contributed by atoms with Crippen LogP contribution >= 0.6 is 7.60 Å². The van der Waals surface area contributed by atoms with E-state index in [0.29, 0.717) is 5.49 Å². The molecule has 0 aromatic heterocycles. The van der Waals surface area contributed by atoms with Crippen molar-refractivity contribution in [3.05, 3.63) is 30.3 Å². The van der Waals surface area contributed by atoms with E-state index in [1.807, 2.05) is 36.6 Å². The summed E-state index contributed by atoms with van der Waals surface area (Å²) in [4.78, 5) is 1.17. The van der Waals surface area contributed by atoms with Crippen LogP contribution in [0.1, 0.15) is 0 Å². The first-order valence-corrected chi connectivity index (χ1v) is 8.02. The third kappa shape index (κ3) is 3.65. The predicted molar refractivity (Wildman–Crippen MR) is 64.5 cm³/mol. The molecule has 0 heterocycles. The Hall–Kier alpha value is -0.280. The number of rotatable bonds is 5. The first kappa shape index (κ1) is 12.8. The van der Waals surface area contributed by atoms with Gasteiger partial charge in [-0.25, -0.2) is 0 Å². The van der Waals surface area contributed by atoms with Gasteiger partial charge in [-0.3, -0.25) is 4.57 Å². The van der Waals surface area contributed by atoms with Crippen molar-refractivity contribution in [3.8, 4) is 0 Å². The molecular formula is C10H16O3PS+. The van der Waals surface area contributed by atoms with Crippen molar-refractivity contribution in [1.82, 2.24) is 0 Å². The molecule has 0 fully saturated rings. The van der Waals surface area contributed by atoms with Crippen LogP contribution in [0.3, 0.4) is 0 Å².